The van der Waals surface area contributed by atoms with Crippen LogP contribution in [0.15, 0.2) is 0 Å². The Morgan fingerprint density at radius 3 is 2.33 bits per heavy atom. The minimum Gasteiger partial charge on any atom is -0.313 e. The van der Waals surface area contributed by atoms with Gasteiger partial charge in [-0.15, -0.1) is 0 Å². The normalized spacial score (nSPS) is 43.0. The van der Waals surface area contributed by atoms with Crippen LogP contribution in [0.4, 0.5) is 0 Å². The molecule has 2 atom stereocenters. The average Bonchev–Trinajstić information content (AvgIpc) is 2.19. The van der Waals surface area contributed by atoms with E-state index >= 15 is 0 Å². The van der Waals surface area contributed by atoms with Crippen LogP contribution in [0.5, 0.6) is 0 Å². The summed E-state index contributed by atoms with van der Waals surface area (Å²) in [7, 11) is 1.88. The molecule has 1 fully saturated rings. The third kappa shape index (κ3) is 0.518. The molecule has 0 aromatic carbocycles. The smallest absolute Gasteiger partial charge is 0.0875 e. The summed E-state index contributed by atoms with van der Waals surface area (Å²) in [6.07, 6.45) is 0.583. The quantitative estimate of drug-likeness (QED) is 0.338. The van der Waals surface area contributed by atoms with E-state index in [4.69, 9.17) is 5.73 Å². The Hall–Kier alpha value is -0.120. The van der Waals surface area contributed by atoms with Gasteiger partial charge in [-0.3, -0.25) is 5.32 Å². The first-order chi connectivity index (χ1) is 2.84. The zero-order chi connectivity index (χ0) is 4.57. The van der Waals surface area contributed by atoms with Crippen LogP contribution in [0, 0.1) is 0 Å². The predicted molar refractivity (Wildman–Crippen MR) is 24.0 cm³/mol. The van der Waals surface area contributed by atoms with Gasteiger partial charge in [-0.25, -0.2) is 0 Å². The summed E-state index contributed by atoms with van der Waals surface area (Å²) in [4.78, 5) is 0. The van der Waals surface area contributed by atoms with Gasteiger partial charge in [-0.1, -0.05) is 0 Å². The largest absolute Gasteiger partial charge is 0.313 e. The summed E-state index contributed by atoms with van der Waals surface area (Å²) < 4.78 is 0. The number of nitrogens with two attached hydrogens (primary N) is 1. The van der Waals surface area contributed by atoms with Crippen molar-refractivity contribution in [1.82, 2.24) is 10.6 Å². The van der Waals surface area contributed by atoms with Gasteiger partial charge in [0.15, 0.2) is 0 Å². The Labute approximate surface area is 36.9 Å². The van der Waals surface area contributed by atoms with Gasteiger partial charge < -0.3 is 11.1 Å². The highest BCUT2D eigenvalue weighted by Crippen LogP contribution is 1.95. The van der Waals surface area contributed by atoms with Crippen molar-refractivity contribution in [3.63, 3.8) is 0 Å². The summed E-state index contributed by atoms with van der Waals surface area (Å²) in [5.74, 6) is 0. The molecule has 3 heteroatoms. The summed E-state index contributed by atoms with van der Waals surface area (Å²) >= 11 is 0. The highest BCUT2D eigenvalue weighted by Gasteiger charge is 2.29. The molecule has 0 aromatic rings. The molecule has 4 N–H and O–H groups in total. The third-order valence-corrected chi connectivity index (χ3v) is 0.933. The third-order valence-electron chi connectivity index (χ3n) is 0.933. The van der Waals surface area contributed by atoms with Gasteiger partial charge in [-0.05, 0) is 7.05 Å². The molecule has 6 heavy (non-hydrogen) atoms. The van der Waals surface area contributed by atoms with E-state index in [1.54, 1.807) is 0 Å². The van der Waals surface area contributed by atoms with E-state index in [2.05, 4.69) is 10.6 Å². The van der Waals surface area contributed by atoms with Crippen molar-refractivity contribution in [2.75, 3.05) is 7.05 Å². The molecule has 0 saturated carbocycles. The second kappa shape index (κ2) is 1.18. The maximum Gasteiger partial charge on any atom is 0.0875 e. The molecular formula is C3H9N3. The van der Waals surface area contributed by atoms with E-state index < -0.39 is 0 Å². The maximum atomic E-state index is 5.30. The van der Waals surface area contributed by atoms with Crippen LogP contribution in [0.2, 0.25) is 0 Å². The molecule has 0 radical (unpaired) electrons. The minimum atomic E-state index is 0.204. The Morgan fingerprint density at radius 1 is 1.83 bits per heavy atom. The lowest BCUT2D eigenvalue weighted by molar-refractivity contribution is 0.768. The van der Waals surface area contributed by atoms with E-state index in [0.717, 1.165) is 0 Å². The Bertz CT molecular complexity index is 52.0. The average molecular weight is 87.1 g/mol. The van der Waals surface area contributed by atoms with Crippen LogP contribution in [-0.4, -0.2) is 19.4 Å². The molecule has 2 unspecified atom stereocenters. The molecule has 1 aliphatic heterocycles. The summed E-state index contributed by atoms with van der Waals surface area (Å²) in [5.41, 5.74) is 5.30. The number of hydrogen-bond acceptors (Lipinski definition) is 3. The lowest BCUT2D eigenvalue weighted by Gasteiger charge is -1.82. The molecule has 0 spiro atoms. The Balaban J connectivity index is 2.09. The SMILES string of the molecule is CNC1NC1N. The van der Waals surface area contributed by atoms with Gasteiger partial charge in [0, 0.05) is 0 Å². The van der Waals surface area contributed by atoms with E-state index in [0.29, 0.717) is 6.17 Å². The van der Waals surface area contributed by atoms with Crippen LogP contribution in [-0.2, 0) is 0 Å². The van der Waals surface area contributed by atoms with Gasteiger partial charge in [0.1, 0.15) is 0 Å². The summed E-state index contributed by atoms with van der Waals surface area (Å²) in [5, 5.41) is 5.90. The fourth-order valence-corrected chi connectivity index (χ4v) is 0.415. The molecule has 36 valence electrons. The van der Waals surface area contributed by atoms with Crippen molar-refractivity contribution in [1.29, 1.82) is 0 Å². The first kappa shape index (κ1) is 4.05. The molecular weight excluding hydrogens is 78.1 g/mol. The number of nitrogens with one attached hydrogen (secondary N) is 2. The second-order valence-electron chi connectivity index (χ2n) is 1.46. The van der Waals surface area contributed by atoms with E-state index in [1.165, 1.54) is 0 Å². The lowest BCUT2D eigenvalue weighted by Crippen LogP contribution is -2.17. The molecule has 0 aromatic heterocycles. The molecule has 1 aliphatic rings. The van der Waals surface area contributed by atoms with Gasteiger partial charge in [0.05, 0.1) is 12.3 Å². The molecule has 1 heterocycles. The van der Waals surface area contributed by atoms with Crippen LogP contribution in [0.1, 0.15) is 0 Å². The van der Waals surface area contributed by atoms with Crippen LogP contribution < -0.4 is 16.4 Å². The Morgan fingerprint density at radius 2 is 2.33 bits per heavy atom. The van der Waals surface area contributed by atoms with Crippen molar-refractivity contribution < 1.29 is 0 Å². The van der Waals surface area contributed by atoms with Crippen molar-refractivity contribution >= 4 is 0 Å². The first-order valence-electron chi connectivity index (χ1n) is 2.03. The second-order valence-corrected chi connectivity index (χ2v) is 1.46. The maximum absolute atomic E-state index is 5.30. The fraction of sp³-hybridized carbons (Fsp3) is 1.00. The monoisotopic (exact) mass is 87.1 g/mol. The fourth-order valence-electron chi connectivity index (χ4n) is 0.415. The van der Waals surface area contributed by atoms with E-state index in [-0.39, 0.29) is 6.17 Å². The van der Waals surface area contributed by atoms with Crippen molar-refractivity contribution in [2.24, 2.45) is 5.73 Å². The van der Waals surface area contributed by atoms with Crippen molar-refractivity contribution in [3.05, 3.63) is 0 Å². The number of rotatable bonds is 1. The van der Waals surface area contributed by atoms with Crippen LogP contribution in [0.3, 0.4) is 0 Å². The van der Waals surface area contributed by atoms with E-state index in [9.17, 15) is 0 Å². The van der Waals surface area contributed by atoms with Crippen molar-refractivity contribution in [2.45, 2.75) is 12.3 Å². The number of hydrogen-bond donors (Lipinski definition) is 3. The molecule has 0 bridgehead atoms. The summed E-state index contributed by atoms with van der Waals surface area (Å²) in [6, 6.07) is 0. The topological polar surface area (TPSA) is 60.0 Å². The summed E-state index contributed by atoms with van der Waals surface area (Å²) in [6.45, 7) is 0. The van der Waals surface area contributed by atoms with E-state index in [1.807, 2.05) is 7.05 Å². The van der Waals surface area contributed by atoms with Crippen molar-refractivity contribution in [3.8, 4) is 0 Å². The van der Waals surface area contributed by atoms with Crippen LogP contribution in [0.25, 0.3) is 0 Å². The molecule has 1 saturated heterocycles. The van der Waals surface area contributed by atoms with Gasteiger partial charge in [0.2, 0.25) is 0 Å². The number of likely N-dealkylation sites (N-methyl/N-ethyl adjacent to an activating group) is 1. The zero-order valence-electron chi connectivity index (χ0n) is 3.73. The zero-order valence-corrected chi connectivity index (χ0v) is 3.73. The Kier molecular flexibility index (Phi) is 0.799. The molecule has 3 nitrogen and oxygen atoms in total. The van der Waals surface area contributed by atoms with Gasteiger partial charge in [0.25, 0.3) is 0 Å². The van der Waals surface area contributed by atoms with Crippen LogP contribution >= 0.6 is 0 Å². The highest BCUT2D eigenvalue weighted by molar-refractivity contribution is 4.88. The van der Waals surface area contributed by atoms with Gasteiger partial charge >= 0.3 is 0 Å². The predicted octanol–water partition coefficient (Wildman–Crippen LogP) is -1.58. The first-order valence-corrected chi connectivity index (χ1v) is 2.03. The molecule has 0 aliphatic carbocycles. The standard InChI is InChI=1S/C3H9N3/c1-5-3-2(4)6-3/h2-3,5-6H,4H2,1H3. The highest BCUT2D eigenvalue weighted by atomic mass is 15.4. The molecule has 0 amide bonds. The van der Waals surface area contributed by atoms with Gasteiger partial charge in [-0.2, -0.15) is 0 Å². The minimum absolute atomic E-state index is 0.204. The lowest BCUT2D eigenvalue weighted by atomic mass is 10.7. The molecule has 1 rings (SSSR count).